The van der Waals surface area contributed by atoms with Crippen LogP contribution in [0.25, 0.3) is 12.2 Å². The van der Waals surface area contributed by atoms with E-state index in [4.69, 9.17) is 0 Å². The molecule has 1 aromatic heterocycles. The molecule has 1 rings (SSSR count). The van der Waals surface area contributed by atoms with Crippen LogP contribution < -0.4 is 10.6 Å². The predicted octanol–water partition coefficient (Wildman–Crippen LogP) is 1.57. The molecule has 0 aromatic carbocycles. The monoisotopic (exact) mass is 187 g/mol. The fourth-order valence-electron chi connectivity index (χ4n) is 1.64. The van der Waals surface area contributed by atoms with E-state index in [9.17, 15) is 0 Å². The summed E-state index contributed by atoms with van der Waals surface area (Å²) in [6, 6.07) is 0. The molecule has 1 nitrogen and oxygen atoms in total. The molecule has 14 heavy (non-hydrogen) atoms. The second kappa shape index (κ2) is 4.14. The zero-order valence-corrected chi connectivity index (χ0v) is 9.17. The lowest BCUT2D eigenvalue weighted by Gasteiger charge is -1.95. The zero-order valence-electron chi connectivity index (χ0n) is 9.17. The number of nitrogens with zero attached hydrogens (tertiary/aromatic N) is 1. The third kappa shape index (κ3) is 1.58. The van der Waals surface area contributed by atoms with Gasteiger partial charge in [0.1, 0.15) is 0 Å². The molecule has 0 amide bonds. The Kier molecular flexibility index (Phi) is 3.13. The van der Waals surface area contributed by atoms with Crippen LogP contribution in [-0.4, -0.2) is 4.57 Å². The van der Waals surface area contributed by atoms with Crippen LogP contribution >= 0.6 is 0 Å². The summed E-state index contributed by atoms with van der Waals surface area (Å²) in [6.07, 6.45) is 7.70. The third-order valence-corrected chi connectivity index (χ3v) is 2.65. The summed E-state index contributed by atoms with van der Waals surface area (Å²) in [4.78, 5) is 0. The molecule has 0 aliphatic rings. The standard InChI is InChI=1S/C13H17N/c1-6-8-12-10(3)11(4)14(5)13(12)9-7-2/h6-9H,1-2H2,3-5H3/b12-8-,13-9+. The van der Waals surface area contributed by atoms with E-state index in [1.807, 2.05) is 24.3 Å². The van der Waals surface area contributed by atoms with Crippen molar-refractivity contribution in [3.63, 3.8) is 0 Å². The average molecular weight is 187 g/mol. The molecule has 0 aliphatic carbocycles. The van der Waals surface area contributed by atoms with Crippen molar-refractivity contribution in [2.24, 2.45) is 7.05 Å². The number of hydrogen-bond donors (Lipinski definition) is 0. The largest absolute Gasteiger partial charge is 0.348 e. The summed E-state index contributed by atoms with van der Waals surface area (Å²) in [5.74, 6) is 0. The van der Waals surface area contributed by atoms with E-state index >= 15 is 0 Å². The first kappa shape index (κ1) is 10.6. The van der Waals surface area contributed by atoms with Crippen molar-refractivity contribution in [2.45, 2.75) is 13.8 Å². The molecule has 0 atom stereocenters. The molecule has 1 heterocycles. The summed E-state index contributed by atoms with van der Waals surface area (Å²) in [5, 5.41) is 2.43. The fourth-order valence-corrected chi connectivity index (χ4v) is 1.64. The zero-order chi connectivity index (χ0) is 10.7. The second-order valence-corrected chi connectivity index (χ2v) is 3.37. The van der Waals surface area contributed by atoms with Crippen molar-refractivity contribution in [1.29, 1.82) is 0 Å². The lowest BCUT2D eigenvalue weighted by Crippen LogP contribution is -2.28. The minimum Gasteiger partial charge on any atom is -0.348 e. The molecule has 0 aliphatic heterocycles. The van der Waals surface area contributed by atoms with Crippen molar-refractivity contribution in [2.75, 3.05) is 0 Å². The van der Waals surface area contributed by atoms with E-state index in [2.05, 4.69) is 38.6 Å². The highest BCUT2D eigenvalue weighted by molar-refractivity contribution is 5.45. The van der Waals surface area contributed by atoms with Crippen LogP contribution in [0.2, 0.25) is 0 Å². The van der Waals surface area contributed by atoms with Crippen LogP contribution in [0, 0.1) is 13.8 Å². The van der Waals surface area contributed by atoms with E-state index in [1.54, 1.807) is 0 Å². The van der Waals surface area contributed by atoms with Gasteiger partial charge in [0.05, 0.1) is 0 Å². The highest BCUT2D eigenvalue weighted by Crippen LogP contribution is 1.96. The topological polar surface area (TPSA) is 4.93 Å². The molecular weight excluding hydrogens is 170 g/mol. The molecule has 0 unspecified atom stereocenters. The Morgan fingerprint density at radius 2 is 1.64 bits per heavy atom. The molecule has 0 spiro atoms. The van der Waals surface area contributed by atoms with Crippen LogP contribution in [0.3, 0.4) is 0 Å². The van der Waals surface area contributed by atoms with Gasteiger partial charge in [-0.25, -0.2) is 0 Å². The Bertz CT molecular complexity index is 429. The van der Waals surface area contributed by atoms with Gasteiger partial charge < -0.3 is 4.57 Å². The van der Waals surface area contributed by atoms with Gasteiger partial charge in [0.2, 0.25) is 0 Å². The fraction of sp³-hybridized carbons (Fsp3) is 0.231. The number of hydrogen-bond acceptors (Lipinski definition) is 0. The van der Waals surface area contributed by atoms with Gasteiger partial charge in [0.25, 0.3) is 0 Å². The van der Waals surface area contributed by atoms with E-state index in [-0.39, 0.29) is 0 Å². The number of allylic oxidation sites excluding steroid dienone is 2. The molecule has 1 aromatic rings. The Balaban J connectivity index is 3.80. The van der Waals surface area contributed by atoms with E-state index < -0.39 is 0 Å². The van der Waals surface area contributed by atoms with Crippen molar-refractivity contribution >= 4 is 12.2 Å². The Morgan fingerprint density at radius 1 is 1.07 bits per heavy atom. The SMILES string of the molecule is C=C/C=c1/c(C)c(C)n(C)/c1=C/C=C. The average Bonchev–Trinajstić information content (AvgIpc) is 2.36. The second-order valence-electron chi connectivity index (χ2n) is 3.37. The van der Waals surface area contributed by atoms with Gasteiger partial charge in [-0.1, -0.05) is 31.4 Å². The Hall–Kier alpha value is -1.50. The highest BCUT2D eigenvalue weighted by Gasteiger charge is 2.02. The normalized spacial score (nSPS) is 13.4. The van der Waals surface area contributed by atoms with Crippen LogP contribution in [-0.2, 0) is 7.05 Å². The van der Waals surface area contributed by atoms with Gasteiger partial charge in [0.15, 0.2) is 0 Å². The molecule has 0 saturated heterocycles. The molecule has 0 bridgehead atoms. The summed E-state index contributed by atoms with van der Waals surface area (Å²) in [7, 11) is 2.07. The Labute approximate surface area is 85.4 Å². The van der Waals surface area contributed by atoms with Gasteiger partial charge in [-0.15, -0.1) is 0 Å². The number of aromatic nitrogens is 1. The van der Waals surface area contributed by atoms with Gasteiger partial charge in [-0.05, 0) is 25.5 Å². The third-order valence-electron chi connectivity index (χ3n) is 2.65. The van der Waals surface area contributed by atoms with Gasteiger partial charge in [-0.2, -0.15) is 0 Å². The molecule has 0 fully saturated rings. The van der Waals surface area contributed by atoms with Crippen molar-refractivity contribution in [3.05, 3.63) is 47.1 Å². The van der Waals surface area contributed by atoms with Crippen LogP contribution in [0.1, 0.15) is 11.3 Å². The van der Waals surface area contributed by atoms with Crippen molar-refractivity contribution < 1.29 is 0 Å². The molecule has 1 heteroatoms. The maximum absolute atomic E-state index is 3.73. The van der Waals surface area contributed by atoms with Gasteiger partial charge >= 0.3 is 0 Å². The first-order valence-electron chi connectivity index (χ1n) is 4.70. The summed E-state index contributed by atoms with van der Waals surface area (Å²) < 4.78 is 2.17. The molecule has 0 saturated carbocycles. The maximum atomic E-state index is 3.73. The highest BCUT2D eigenvalue weighted by atomic mass is 14.9. The smallest absolute Gasteiger partial charge is 0.0482 e. The Morgan fingerprint density at radius 3 is 2.14 bits per heavy atom. The number of rotatable bonds is 2. The van der Waals surface area contributed by atoms with Crippen LogP contribution in [0.15, 0.2) is 25.3 Å². The lowest BCUT2D eigenvalue weighted by molar-refractivity contribution is 0.846. The summed E-state index contributed by atoms with van der Waals surface area (Å²) >= 11 is 0. The van der Waals surface area contributed by atoms with Crippen molar-refractivity contribution in [1.82, 2.24) is 4.57 Å². The van der Waals surface area contributed by atoms with E-state index in [0.717, 1.165) is 0 Å². The van der Waals surface area contributed by atoms with Gasteiger partial charge in [0, 0.05) is 23.3 Å². The quantitative estimate of drug-likeness (QED) is 0.662. The lowest BCUT2D eigenvalue weighted by atomic mass is 10.2. The molecule has 74 valence electrons. The molecule has 0 radical (unpaired) electrons. The summed E-state index contributed by atoms with van der Waals surface area (Å²) in [6.45, 7) is 11.7. The molecule has 0 N–H and O–H groups in total. The first-order valence-corrected chi connectivity index (χ1v) is 4.70. The minimum atomic E-state index is 1.19. The van der Waals surface area contributed by atoms with Crippen LogP contribution in [0.4, 0.5) is 0 Å². The minimum absolute atomic E-state index is 1.19. The van der Waals surface area contributed by atoms with Crippen molar-refractivity contribution in [3.8, 4) is 0 Å². The van der Waals surface area contributed by atoms with Gasteiger partial charge in [-0.3, -0.25) is 0 Å². The van der Waals surface area contributed by atoms with E-state index in [1.165, 1.54) is 21.8 Å². The maximum Gasteiger partial charge on any atom is 0.0482 e. The van der Waals surface area contributed by atoms with Crippen LogP contribution in [0.5, 0.6) is 0 Å². The summed E-state index contributed by atoms with van der Waals surface area (Å²) in [5.41, 5.74) is 2.59. The van der Waals surface area contributed by atoms with E-state index in [0.29, 0.717) is 0 Å². The first-order chi connectivity index (χ1) is 6.63. The predicted molar refractivity (Wildman–Crippen MR) is 63.5 cm³/mol. The molecular formula is C13H17N.